The van der Waals surface area contributed by atoms with Crippen LogP contribution in [0.2, 0.25) is 0 Å². The molecule has 0 saturated heterocycles. The zero-order chi connectivity index (χ0) is 9.68. The molecule has 0 bridgehead atoms. The first-order valence-corrected chi connectivity index (χ1v) is 3.79. The van der Waals surface area contributed by atoms with Gasteiger partial charge < -0.3 is 4.74 Å². The van der Waals surface area contributed by atoms with Crippen molar-refractivity contribution in [2.24, 2.45) is 0 Å². The summed E-state index contributed by atoms with van der Waals surface area (Å²) in [6.07, 6.45) is 0. The Labute approximate surface area is 75.7 Å². The summed E-state index contributed by atoms with van der Waals surface area (Å²) in [7, 11) is 1.22. The molecule has 1 aromatic rings. The molecule has 0 heterocycles. The van der Waals surface area contributed by atoms with Crippen molar-refractivity contribution in [3.63, 3.8) is 0 Å². The van der Waals surface area contributed by atoms with Crippen LogP contribution < -0.4 is 5.12 Å². The molecule has 0 fully saturated rings. The van der Waals surface area contributed by atoms with Crippen LogP contribution in [0.5, 0.6) is 0 Å². The summed E-state index contributed by atoms with van der Waals surface area (Å²) in [6, 6.07) is 8.31. The van der Waals surface area contributed by atoms with Gasteiger partial charge in [0.2, 0.25) is 0 Å². The molecule has 0 N–H and O–H groups in total. The Morgan fingerprint density at radius 3 is 2.62 bits per heavy atom. The molecule has 0 unspecified atom stereocenters. The minimum absolute atomic E-state index is 0.339. The monoisotopic (exact) mass is 183 g/mol. The van der Waals surface area contributed by atoms with Crippen LogP contribution in [0.4, 0.5) is 10.2 Å². The average molecular weight is 183 g/mol. The Bertz CT molecular complexity index is 276. The third-order valence-electron chi connectivity index (χ3n) is 1.53. The summed E-state index contributed by atoms with van der Waals surface area (Å²) in [5.41, 5.74) is 0.341. The zero-order valence-corrected chi connectivity index (χ0v) is 7.24. The van der Waals surface area contributed by atoms with Crippen LogP contribution in [-0.2, 0) is 9.53 Å². The van der Waals surface area contributed by atoms with E-state index in [0.29, 0.717) is 10.8 Å². The van der Waals surface area contributed by atoms with Gasteiger partial charge in [0.25, 0.3) is 0 Å². The van der Waals surface area contributed by atoms with Gasteiger partial charge in [-0.3, -0.25) is 4.79 Å². The van der Waals surface area contributed by atoms with E-state index in [0.717, 1.165) is 0 Å². The van der Waals surface area contributed by atoms with Crippen LogP contribution in [0.1, 0.15) is 0 Å². The molecule has 0 aliphatic rings. The number of halogens is 1. The molecule has 4 heteroatoms. The molecule has 1 rings (SSSR count). The van der Waals surface area contributed by atoms with Gasteiger partial charge in [0.1, 0.15) is 6.54 Å². The van der Waals surface area contributed by atoms with Crippen molar-refractivity contribution < 1.29 is 14.0 Å². The topological polar surface area (TPSA) is 29.5 Å². The number of para-hydroxylation sites is 1. The molecule has 3 nitrogen and oxygen atoms in total. The molecule has 0 radical (unpaired) electrons. The number of benzene rings is 1. The lowest BCUT2D eigenvalue weighted by Crippen LogP contribution is -2.22. The quantitative estimate of drug-likeness (QED) is 0.526. The maximum absolute atomic E-state index is 13.1. The first kappa shape index (κ1) is 9.51. The first-order chi connectivity index (χ1) is 6.24. The predicted molar refractivity (Wildman–Crippen MR) is 46.9 cm³/mol. The van der Waals surface area contributed by atoms with Crippen LogP contribution in [0.3, 0.4) is 0 Å². The second kappa shape index (κ2) is 4.45. The minimum Gasteiger partial charge on any atom is -0.468 e. The lowest BCUT2D eigenvalue weighted by molar-refractivity contribution is -0.139. The van der Waals surface area contributed by atoms with Crippen molar-refractivity contribution in [3.8, 4) is 0 Å². The standard InChI is InChI=1S/C9H10FNO2/c1-13-9(12)7-11(10)8-5-3-2-4-6-8/h2-6H,7H2,1H3. The number of nitrogens with zero attached hydrogens (tertiary/aromatic N) is 1. The molecule has 0 spiro atoms. The van der Waals surface area contributed by atoms with Gasteiger partial charge in [-0.2, -0.15) is 0 Å². The summed E-state index contributed by atoms with van der Waals surface area (Å²) >= 11 is 0. The number of rotatable bonds is 3. The van der Waals surface area contributed by atoms with Crippen molar-refractivity contribution in [1.29, 1.82) is 0 Å². The highest BCUT2D eigenvalue weighted by Crippen LogP contribution is 2.12. The normalized spacial score (nSPS) is 9.38. The molecule has 13 heavy (non-hydrogen) atoms. The van der Waals surface area contributed by atoms with E-state index < -0.39 is 5.97 Å². The molecular weight excluding hydrogens is 173 g/mol. The number of carbonyl (C=O) groups is 1. The smallest absolute Gasteiger partial charge is 0.328 e. The summed E-state index contributed by atoms with van der Waals surface area (Å²) in [5.74, 6) is -0.605. The molecule has 0 atom stereocenters. The van der Waals surface area contributed by atoms with E-state index in [1.165, 1.54) is 7.11 Å². The molecule has 0 saturated carbocycles. The lowest BCUT2D eigenvalue weighted by Gasteiger charge is -2.11. The van der Waals surface area contributed by atoms with Gasteiger partial charge in [0.15, 0.2) is 0 Å². The second-order valence-corrected chi connectivity index (χ2v) is 2.43. The number of anilines is 1. The fourth-order valence-corrected chi connectivity index (χ4v) is 0.859. The van der Waals surface area contributed by atoms with Crippen molar-refractivity contribution in [2.75, 3.05) is 18.8 Å². The molecular formula is C9H10FNO2. The Morgan fingerprint density at radius 1 is 1.46 bits per heavy atom. The van der Waals surface area contributed by atoms with E-state index in [2.05, 4.69) is 4.74 Å². The number of hydrogen-bond acceptors (Lipinski definition) is 3. The fraction of sp³-hybridized carbons (Fsp3) is 0.222. The highest BCUT2D eigenvalue weighted by Gasteiger charge is 2.09. The Kier molecular flexibility index (Phi) is 3.25. The highest BCUT2D eigenvalue weighted by atomic mass is 19.2. The third-order valence-corrected chi connectivity index (χ3v) is 1.53. The predicted octanol–water partition coefficient (Wildman–Crippen LogP) is 1.55. The average Bonchev–Trinajstić information content (AvgIpc) is 2.19. The summed E-state index contributed by atoms with van der Waals surface area (Å²) < 4.78 is 17.4. The van der Waals surface area contributed by atoms with Gasteiger partial charge in [-0.15, -0.1) is 0 Å². The summed E-state index contributed by atoms with van der Waals surface area (Å²) in [4.78, 5) is 10.7. The Balaban J connectivity index is 2.59. The van der Waals surface area contributed by atoms with Gasteiger partial charge in [-0.25, -0.2) is 5.12 Å². The van der Waals surface area contributed by atoms with Crippen LogP contribution in [-0.4, -0.2) is 19.6 Å². The highest BCUT2D eigenvalue weighted by molar-refractivity contribution is 5.74. The molecule has 0 aliphatic heterocycles. The van der Waals surface area contributed by atoms with Crippen molar-refractivity contribution in [1.82, 2.24) is 0 Å². The van der Waals surface area contributed by atoms with Gasteiger partial charge in [-0.1, -0.05) is 22.7 Å². The van der Waals surface area contributed by atoms with Gasteiger partial charge in [0.05, 0.1) is 12.8 Å². The lowest BCUT2D eigenvalue weighted by atomic mass is 10.3. The van der Waals surface area contributed by atoms with E-state index in [1.807, 2.05) is 0 Å². The SMILES string of the molecule is COC(=O)CN(F)c1ccccc1. The number of ether oxygens (including phenoxy) is 1. The Morgan fingerprint density at radius 2 is 2.08 bits per heavy atom. The van der Waals surface area contributed by atoms with Crippen molar-refractivity contribution in [2.45, 2.75) is 0 Å². The summed E-state index contributed by atoms with van der Waals surface area (Å²) in [5, 5.41) is 0.339. The van der Waals surface area contributed by atoms with Gasteiger partial charge >= 0.3 is 5.97 Å². The number of esters is 1. The van der Waals surface area contributed by atoms with Crippen LogP contribution in [0, 0.1) is 0 Å². The largest absolute Gasteiger partial charge is 0.468 e. The molecule has 0 aliphatic carbocycles. The molecule has 0 amide bonds. The van der Waals surface area contributed by atoms with Crippen LogP contribution in [0.15, 0.2) is 30.3 Å². The van der Waals surface area contributed by atoms with E-state index >= 15 is 0 Å². The third kappa shape index (κ3) is 2.74. The van der Waals surface area contributed by atoms with E-state index in [-0.39, 0.29) is 6.54 Å². The number of hydrogen-bond donors (Lipinski definition) is 0. The maximum Gasteiger partial charge on any atom is 0.328 e. The van der Waals surface area contributed by atoms with Crippen LogP contribution in [0.25, 0.3) is 0 Å². The second-order valence-electron chi connectivity index (χ2n) is 2.43. The molecule has 1 aromatic carbocycles. The van der Waals surface area contributed by atoms with Gasteiger partial charge in [-0.05, 0) is 12.1 Å². The zero-order valence-electron chi connectivity index (χ0n) is 7.24. The van der Waals surface area contributed by atoms with Crippen molar-refractivity contribution in [3.05, 3.63) is 30.3 Å². The first-order valence-electron chi connectivity index (χ1n) is 3.79. The fourth-order valence-electron chi connectivity index (χ4n) is 0.859. The molecule has 0 aromatic heterocycles. The van der Waals surface area contributed by atoms with Crippen molar-refractivity contribution >= 4 is 11.7 Å². The maximum atomic E-state index is 13.1. The Hall–Kier alpha value is -1.58. The number of methoxy groups -OCH3 is 1. The van der Waals surface area contributed by atoms with E-state index in [9.17, 15) is 9.28 Å². The van der Waals surface area contributed by atoms with Crippen LogP contribution >= 0.6 is 0 Å². The summed E-state index contributed by atoms with van der Waals surface area (Å²) in [6.45, 7) is -0.388. The number of carbonyl (C=O) groups excluding carboxylic acids is 1. The van der Waals surface area contributed by atoms with Gasteiger partial charge in [0, 0.05) is 0 Å². The van der Waals surface area contributed by atoms with E-state index in [1.54, 1.807) is 30.3 Å². The van der Waals surface area contributed by atoms with E-state index in [4.69, 9.17) is 0 Å². The molecule has 70 valence electrons. The minimum atomic E-state index is -0.605.